The van der Waals surface area contributed by atoms with Crippen molar-refractivity contribution in [2.45, 2.75) is 13.5 Å². The Bertz CT molecular complexity index is 495. The molecule has 0 aliphatic heterocycles. The largest absolute Gasteiger partial charge is 0.439 e. The lowest BCUT2D eigenvalue weighted by Crippen LogP contribution is -2.26. The first kappa shape index (κ1) is 11.9. The van der Waals surface area contributed by atoms with E-state index in [2.05, 4.69) is 9.88 Å². The number of hydrogen-bond donors (Lipinski definition) is 2. The molecule has 92 valence electrons. The van der Waals surface area contributed by atoms with E-state index >= 15 is 0 Å². The van der Waals surface area contributed by atoms with Crippen LogP contribution in [-0.2, 0) is 6.54 Å². The molecule has 2 aromatic rings. The van der Waals surface area contributed by atoms with Crippen LogP contribution in [0.1, 0.15) is 12.8 Å². The fraction of sp³-hybridized carbons (Fsp3) is 0.417. The van der Waals surface area contributed by atoms with Crippen LogP contribution in [0, 0.1) is 0 Å². The van der Waals surface area contributed by atoms with Gasteiger partial charge in [-0.05, 0) is 18.7 Å². The zero-order valence-electron chi connectivity index (χ0n) is 9.89. The number of nitrogens with zero attached hydrogens (tertiary/aromatic N) is 2. The fourth-order valence-corrected chi connectivity index (χ4v) is 1.74. The minimum atomic E-state index is 0.140. The molecule has 0 atom stereocenters. The SMILES string of the molecule is CCN(CCO)Cc1nc2ccc(N)cc2o1. The van der Waals surface area contributed by atoms with E-state index in [1.807, 2.05) is 13.0 Å². The molecule has 17 heavy (non-hydrogen) atoms. The van der Waals surface area contributed by atoms with Crippen LogP contribution in [0.3, 0.4) is 0 Å². The second-order valence-corrected chi connectivity index (χ2v) is 3.93. The van der Waals surface area contributed by atoms with Gasteiger partial charge in [0, 0.05) is 18.3 Å². The summed E-state index contributed by atoms with van der Waals surface area (Å²) in [6.07, 6.45) is 0. The van der Waals surface area contributed by atoms with Gasteiger partial charge in [0.05, 0.1) is 13.2 Å². The van der Waals surface area contributed by atoms with E-state index in [0.717, 1.165) is 12.1 Å². The summed E-state index contributed by atoms with van der Waals surface area (Å²) in [6.45, 7) is 4.25. The normalized spacial score (nSPS) is 11.5. The molecule has 3 N–H and O–H groups in total. The topological polar surface area (TPSA) is 75.5 Å². The quantitative estimate of drug-likeness (QED) is 0.762. The number of aliphatic hydroxyl groups is 1. The number of benzene rings is 1. The molecule has 1 aromatic carbocycles. The Morgan fingerprint density at radius 3 is 3.00 bits per heavy atom. The molecule has 0 saturated heterocycles. The zero-order chi connectivity index (χ0) is 12.3. The Labute approximate surface area is 99.8 Å². The molecule has 0 spiro atoms. The van der Waals surface area contributed by atoms with E-state index in [0.29, 0.717) is 30.3 Å². The first-order valence-corrected chi connectivity index (χ1v) is 5.71. The van der Waals surface area contributed by atoms with Gasteiger partial charge < -0.3 is 15.3 Å². The molecule has 0 amide bonds. The standard InChI is InChI=1S/C12H17N3O2/c1-2-15(5-6-16)8-12-14-10-4-3-9(13)7-11(10)17-12/h3-4,7,16H,2,5-6,8,13H2,1H3. The fourth-order valence-electron chi connectivity index (χ4n) is 1.74. The molecule has 0 aliphatic rings. The first-order valence-electron chi connectivity index (χ1n) is 5.71. The lowest BCUT2D eigenvalue weighted by Gasteiger charge is -2.16. The molecule has 0 unspecified atom stereocenters. The van der Waals surface area contributed by atoms with E-state index in [1.54, 1.807) is 12.1 Å². The van der Waals surface area contributed by atoms with Crippen LogP contribution >= 0.6 is 0 Å². The molecule has 0 saturated carbocycles. The molecule has 2 rings (SSSR count). The van der Waals surface area contributed by atoms with Crippen LogP contribution in [0.15, 0.2) is 22.6 Å². The smallest absolute Gasteiger partial charge is 0.209 e. The van der Waals surface area contributed by atoms with Crippen molar-refractivity contribution in [3.8, 4) is 0 Å². The number of likely N-dealkylation sites (N-methyl/N-ethyl adjacent to an activating group) is 1. The molecule has 0 bridgehead atoms. The number of hydrogen-bond acceptors (Lipinski definition) is 5. The molecule has 0 fully saturated rings. The summed E-state index contributed by atoms with van der Waals surface area (Å²) in [7, 11) is 0. The van der Waals surface area contributed by atoms with E-state index in [1.165, 1.54) is 0 Å². The van der Waals surface area contributed by atoms with Gasteiger partial charge in [0.2, 0.25) is 5.89 Å². The molecule has 1 heterocycles. The highest BCUT2D eigenvalue weighted by atomic mass is 16.3. The monoisotopic (exact) mass is 235 g/mol. The number of nitrogens with two attached hydrogens (primary N) is 1. The van der Waals surface area contributed by atoms with Crippen molar-refractivity contribution in [2.24, 2.45) is 0 Å². The number of aromatic nitrogens is 1. The number of anilines is 1. The minimum Gasteiger partial charge on any atom is -0.439 e. The Morgan fingerprint density at radius 2 is 2.29 bits per heavy atom. The zero-order valence-corrected chi connectivity index (χ0v) is 9.89. The van der Waals surface area contributed by atoms with Gasteiger partial charge in [0.1, 0.15) is 5.52 Å². The van der Waals surface area contributed by atoms with Gasteiger partial charge in [-0.15, -0.1) is 0 Å². The van der Waals surface area contributed by atoms with Crippen molar-refractivity contribution in [3.63, 3.8) is 0 Å². The van der Waals surface area contributed by atoms with Crippen LogP contribution in [0.5, 0.6) is 0 Å². The Hall–Kier alpha value is -1.59. The Kier molecular flexibility index (Phi) is 3.61. The van der Waals surface area contributed by atoms with E-state index in [4.69, 9.17) is 15.3 Å². The highest BCUT2D eigenvalue weighted by Crippen LogP contribution is 2.19. The van der Waals surface area contributed by atoms with Crippen molar-refractivity contribution in [1.29, 1.82) is 0 Å². The van der Waals surface area contributed by atoms with Gasteiger partial charge in [0.25, 0.3) is 0 Å². The predicted octanol–water partition coefficient (Wildman–Crippen LogP) is 1.22. The molecule has 0 radical (unpaired) electrons. The summed E-state index contributed by atoms with van der Waals surface area (Å²) in [6, 6.07) is 5.42. The van der Waals surface area contributed by atoms with E-state index in [9.17, 15) is 0 Å². The van der Waals surface area contributed by atoms with Gasteiger partial charge in [-0.3, -0.25) is 4.90 Å². The van der Waals surface area contributed by atoms with Crippen molar-refractivity contribution in [2.75, 3.05) is 25.4 Å². The molecule has 0 aliphatic carbocycles. The Morgan fingerprint density at radius 1 is 1.47 bits per heavy atom. The van der Waals surface area contributed by atoms with E-state index in [-0.39, 0.29) is 6.61 Å². The summed E-state index contributed by atoms with van der Waals surface area (Å²) >= 11 is 0. The summed E-state index contributed by atoms with van der Waals surface area (Å²) < 4.78 is 5.61. The second kappa shape index (κ2) is 5.16. The van der Waals surface area contributed by atoms with Gasteiger partial charge in [-0.1, -0.05) is 6.92 Å². The maximum atomic E-state index is 8.91. The summed E-state index contributed by atoms with van der Waals surface area (Å²) in [5.41, 5.74) is 7.87. The predicted molar refractivity (Wildman–Crippen MR) is 66.5 cm³/mol. The van der Waals surface area contributed by atoms with Crippen LogP contribution < -0.4 is 5.73 Å². The number of nitrogen functional groups attached to an aromatic ring is 1. The van der Waals surface area contributed by atoms with Gasteiger partial charge >= 0.3 is 0 Å². The van der Waals surface area contributed by atoms with Gasteiger partial charge in [-0.25, -0.2) is 4.98 Å². The molecular weight excluding hydrogens is 218 g/mol. The maximum absolute atomic E-state index is 8.91. The average Bonchev–Trinajstić information content (AvgIpc) is 2.69. The Balaban J connectivity index is 2.18. The summed E-state index contributed by atoms with van der Waals surface area (Å²) in [4.78, 5) is 6.44. The lowest BCUT2D eigenvalue weighted by atomic mass is 10.3. The number of fused-ring (bicyclic) bond motifs is 1. The highest BCUT2D eigenvalue weighted by molar-refractivity contribution is 5.76. The highest BCUT2D eigenvalue weighted by Gasteiger charge is 2.09. The number of aliphatic hydroxyl groups excluding tert-OH is 1. The van der Waals surface area contributed by atoms with Crippen LogP contribution in [0.4, 0.5) is 5.69 Å². The molecular formula is C12H17N3O2. The third kappa shape index (κ3) is 2.75. The third-order valence-electron chi connectivity index (χ3n) is 2.68. The average molecular weight is 235 g/mol. The minimum absolute atomic E-state index is 0.140. The molecule has 1 aromatic heterocycles. The van der Waals surface area contributed by atoms with Crippen LogP contribution in [0.25, 0.3) is 11.1 Å². The first-order chi connectivity index (χ1) is 8.22. The maximum Gasteiger partial charge on any atom is 0.209 e. The van der Waals surface area contributed by atoms with Gasteiger partial charge in [-0.2, -0.15) is 0 Å². The molecule has 5 nitrogen and oxygen atoms in total. The number of rotatable bonds is 5. The van der Waals surface area contributed by atoms with Crippen molar-refractivity contribution in [1.82, 2.24) is 9.88 Å². The van der Waals surface area contributed by atoms with Crippen LogP contribution in [0.2, 0.25) is 0 Å². The lowest BCUT2D eigenvalue weighted by molar-refractivity contribution is 0.186. The van der Waals surface area contributed by atoms with Crippen LogP contribution in [-0.4, -0.2) is 34.7 Å². The van der Waals surface area contributed by atoms with Crippen molar-refractivity contribution in [3.05, 3.63) is 24.1 Å². The van der Waals surface area contributed by atoms with Crippen molar-refractivity contribution >= 4 is 16.8 Å². The molecule has 5 heteroatoms. The third-order valence-corrected chi connectivity index (χ3v) is 2.68. The van der Waals surface area contributed by atoms with Gasteiger partial charge in [0.15, 0.2) is 5.58 Å². The number of oxazole rings is 1. The summed E-state index contributed by atoms with van der Waals surface area (Å²) in [5, 5.41) is 8.91. The van der Waals surface area contributed by atoms with E-state index < -0.39 is 0 Å². The second-order valence-electron chi connectivity index (χ2n) is 3.93. The summed E-state index contributed by atoms with van der Waals surface area (Å²) in [5.74, 6) is 0.654. The van der Waals surface area contributed by atoms with Crippen molar-refractivity contribution < 1.29 is 9.52 Å².